The molecular weight excluding hydrogens is 434 g/mol. The number of hydrogen-bond acceptors (Lipinski definition) is 9. The van der Waals surface area contributed by atoms with Gasteiger partial charge >= 0.3 is 5.97 Å². The van der Waals surface area contributed by atoms with Gasteiger partial charge in [-0.3, -0.25) is 0 Å². The minimum Gasteiger partial charge on any atom is -0.497 e. The number of carbonyl (C=O) groups excluding carboxylic acids is 1. The molecule has 5 aromatic rings. The molecular formula is C22H17N3O4S2. The molecule has 0 spiro atoms. The van der Waals surface area contributed by atoms with Crippen LogP contribution in [-0.4, -0.2) is 30.2 Å². The van der Waals surface area contributed by atoms with Crippen molar-refractivity contribution in [1.82, 2.24) is 9.97 Å². The third-order valence-corrected chi connectivity index (χ3v) is 6.79. The average Bonchev–Trinajstić information content (AvgIpc) is 3.46. The Morgan fingerprint density at radius 3 is 2.61 bits per heavy atom. The van der Waals surface area contributed by atoms with Gasteiger partial charge in [0.05, 0.1) is 40.2 Å². The van der Waals surface area contributed by atoms with Crippen molar-refractivity contribution < 1.29 is 18.7 Å². The SMILES string of the molecule is COC(=O)c1c(C)oc(Nc2nc3ccc(OC)cc3s2)c1-c1nc2ccccc2s1. The quantitative estimate of drug-likeness (QED) is 0.327. The lowest BCUT2D eigenvalue weighted by atomic mass is 10.1. The van der Waals surface area contributed by atoms with Crippen molar-refractivity contribution in [2.75, 3.05) is 19.5 Å². The molecule has 0 unspecified atom stereocenters. The van der Waals surface area contributed by atoms with Gasteiger partial charge in [0.1, 0.15) is 22.1 Å². The van der Waals surface area contributed by atoms with E-state index in [0.29, 0.717) is 32.9 Å². The summed E-state index contributed by atoms with van der Waals surface area (Å²) in [6, 6.07) is 13.5. The van der Waals surface area contributed by atoms with Crippen LogP contribution in [0, 0.1) is 6.92 Å². The van der Waals surface area contributed by atoms with Gasteiger partial charge in [-0.05, 0) is 37.3 Å². The number of anilines is 2. The number of aromatic nitrogens is 2. The molecule has 0 atom stereocenters. The first-order chi connectivity index (χ1) is 15.1. The number of furan rings is 1. The second-order valence-corrected chi connectivity index (χ2v) is 8.75. The summed E-state index contributed by atoms with van der Waals surface area (Å²) in [6.45, 7) is 1.73. The standard InChI is InChI=1S/C22H17N3O4S2/c1-11-17(21(26)28-3)18(20-23-13-6-4-5-7-15(13)30-20)19(29-11)25-22-24-14-9-8-12(27-2)10-16(14)31-22/h4-10H,1-3H3,(H,24,25). The zero-order valence-electron chi connectivity index (χ0n) is 16.9. The second kappa shape index (κ2) is 7.68. The number of esters is 1. The van der Waals surface area contributed by atoms with Crippen LogP contribution in [0.4, 0.5) is 11.0 Å². The highest BCUT2D eigenvalue weighted by atomic mass is 32.1. The van der Waals surface area contributed by atoms with Gasteiger partial charge < -0.3 is 19.2 Å². The van der Waals surface area contributed by atoms with E-state index in [1.807, 2.05) is 42.5 Å². The lowest BCUT2D eigenvalue weighted by molar-refractivity contribution is 0.0599. The van der Waals surface area contributed by atoms with Crippen LogP contribution >= 0.6 is 22.7 Å². The highest BCUT2D eigenvalue weighted by Gasteiger charge is 2.28. The van der Waals surface area contributed by atoms with E-state index in [1.165, 1.54) is 29.8 Å². The van der Waals surface area contributed by atoms with Crippen LogP contribution in [0.25, 0.3) is 31.0 Å². The van der Waals surface area contributed by atoms with Crippen molar-refractivity contribution in [1.29, 1.82) is 0 Å². The molecule has 0 fully saturated rings. The molecule has 0 saturated carbocycles. The topological polar surface area (TPSA) is 86.5 Å². The number of hydrogen-bond donors (Lipinski definition) is 1. The molecule has 2 aromatic carbocycles. The van der Waals surface area contributed by atoms with E-state index in [-0.39, 0.29) is 0 Å². The van der Waals surface area contributed by atoms with Gasteiger partial charge in [-0.1, -0.05) is 23.5 Å². The van der Waals surface area contributed by atoms with Gasteiger partial charge in [0.25, 0.3) is 0 Å². The van der Waals surface area contributed by atoms with Gasteiger partial charge in [-0.15, -0.1) is 11.3 Å². The fourth-order valence-corrected chi connectivity index (χ4v) is 5.25. The number of benzene rings is 2. The third-order valence-electron chi connectivity index (χ3n) is 4.80. The molecule has 31 heavy (non-hydrogen) atoms. The largest absolute Gasteiger partial charge is 0.497 e. The fraction of sp³-hybridized carbons (Fsp3) is 0.136. The molecule has 0 saturated heterocycles. The Hall–Kier alpha value is -3.43. The van der Waals surface area contributed by atoms with Crippen LogP contribution < -0.4 is 10.1 Å². The number of fused-ring (bicyclic) bond motifs is 2. The number of rotatable bonds is 5. The normalized spacial score (nSPS) is 11.2. The number of methoxy groups -OCH3 is 2. The first-order valence-corrected chi connectivity index (χ1v) is 11.0. The summed E-state index contributed by atoms with van der Waals surface area (Å²) in [5.74, 6) is 1.15. The van der Waals surface area contributed by atoms with Crippen LogP contribution in [0.1, 0.15) is 16.1 Å². The Morgan fingerprint density at radius 1 is 1.03 bits per heavy atom. The summed E-state index contributed by atoms with van der Waals surface area (Å²) < 4.78 is 18.3. The number of thiazole rings is 2. The molecule has 0 aliphatic carbocycles. The molecule has 1 N–H and O–H groups in total. The summed E-state index contributed by atoms with van der Waals surface area (Å²) >= 11 is 2.95. The molecule has 0 bridgehead atoms. The average molecular weight is 452 g/mol. The van der Waals surface area contributed by atoms with E-state index >= 15 is 0 Å². The maximum absolute atomic E-state index is 12.6. The number of aryl methyl sites for hydroxylation is 1. The van der Waals surface area contributed by atoms with E-state index in [1.54, 1.807) is 14.0 Å². The zero-order chi connectivity index (χ0) is 21.5. The summed E-state index contributed by atoms with van der Waals surface area (Å²) in [4.78, 5) is 21.9. The maximum Gasteiger partial charge on any atom is 0.342 e. The van der Waals surface area contributed by atoms with Crippen LogP contribution in [0.15, 0.2) is 46.9 Å². The summed E-state index contributed by atoms with van der Waals surface area (Å²) in [5.41, 5.74) is 2.62. The minimum absolute atomic E-state index is 0.354. The maximum atomic E-state index is 12.6. The van der Waals surface area contributed by atoms with E-state index < -0.39 is 5.97 Å². The number of nitrogens with one attached hydrogen (secondary N) is 1. The predicted molar refractivity (Wildman–Crippen MR) is 123 cm³/mol. The number of nitrogens with zero attached hydrogens (tertiary/aromatic N) is 2. The van der Waals surface area contributed by atoms with Gasteiger partial charge in [-0.2, -0.15) is 0 Å². The van der Waals surface area contributed by atoms with Crippen LogP contribution in [-0.2, 0) is 4.74 Å². The van der Waals surface area contributed by atoms with Crippen molar-refractivity contribution >= 4 is 60.1 Å². The van der Waals surface area contributed by atoms with Crippen molar-refractivity contribution in [2.24, 2.45) is 0 Å². The highest BCUT2D eigenvalue weighted by Crippen LogP contribution is 2.42. The monoisotopic (exact) mass is 451 g/mol. The Morgan fingerprint density at radius 2 is 1.84 bits per heavy atom. The molecule has 0 amide bonds. The molecule has 5 rings (SSSR count). The van der Waals surface area contributed by atoms with Gasteiger partial charge in [0.2, 0.25) is 5.88 Å². The molecule has 0 aliphatic rings. The fourth-order valence-electron chi connectivity index (χ4n) is 3.35. The third kappa shape index (κ3) is 3.41. The summed E-state index contributed by atoms with van der Waals surface area (Å²) in [5, 5.41) is 4.55. The highest BCUT2D eigenvalue weighted by molar-refractivity contribution is 7.22. The van der Waals surface area contributed by atoms with Crippen LogP contribution in [0.3, 0.4) is 0 Å². The Bertz CT molecular complexity index is 1400. The molecule has 3 aromatic heterocycles. The van der Waals surface area contributed by atoms with Crippen molar-refractivity contribution in [3.05, 3.63) is 53.8 Å². The molecule has 7 nitrogen and oxygen atoms in total. The van der Waals surface area contributed by atoms with Crippen molar-refractivity contribution in [3.63, 3.8) is 0 Å². The Balaban J connectivity index is 1.64. The van der Waals surface area contributed by atoms with Gasteiger partial charge in [0, 0.05) is 0 Å². The predicted octanol–water partition coefficient (Wildman–Crippen LogP) is 6.01. The summed E-state index contributed by atoms with van der Waals surface area (Å²) in [6.07, 6.45) is 0. The smallest absolute Gasteiger partial charge is 0.342 e. The van der Waals surface area contributed by atoms with Crippen LogP contribution in [0.5, 0.6) is 5.75 Å². The summed E-state index contributed by atoms with van der Waals surface area (Å²) in [7, 11) is 2.98. The minimum atomic E-state index is -0.474. The second-order valence-electron chi connectivity index (χ2n) is 6.69. The first-order valence-electron chi connectivity index (χ1n) is 9.36. The molecule has 3 heterocycles. The lowest BCUT2D eigenvalue weighted by Crippen LogP contribution is -2.03. The van der Waals surface area contributed by atoms with Gasteiger partial charge in [0.15, 0.2) is 5.13 Å². The number of carbonyl (C=O) groups is 1. The van der Waals surface area contributed by atoms with E-state index in [4.69, 9.17) is 18.9 Å². The Labute approximate surface area is 185 Å². The van der Waals surface area contributed by atoms with E-state index in [9.17, 15) is 4.79 Å². The Kier molecular flexibility index (Phi) is 4.84. The van der Waals surface area contributed by atoms with Gasteiger partial charge in [-0.25, -0.2) is 14.8 Å². The van der Waals surface area contributed by atoms with E-state index in [2.05, 4.69) is 10.3 Å². The number of para-hydroxylation sites is 1. The zero-order valence-corrected chi connectivity index (χ0v) is 18.5. The lowest BCUT2D eigenvalue weighted by Gasteiger charge is -2.03. The molecule has 0 aliphatic heterocycles. The number of ether oxygens (including phenoxy) is 2. The van der Waals surface area contributed by atoms with E-state index in [0.717, 1.165) is 26.2 Å². The first kappa shape index (κ1) is 19.5. The van der Waals surface area contributed by atoms with Crippen LogP contribution in [0.2, 0.25) is 0 Å². The molecule has 156 valence electrons. The molecule has 9 heteroatoms. The van der Waals surface area contributed by atoms with Crippen molar-refractivity contribution in [3.8, 4) is 16.3 Å². The molecule has 0 radical (unpaired) electrons. The van der Waals surface area contributed by atoms with Crippen molar-refractivity contribution in [2.45, 2.75) is 6.92 Å².